The summed E-state index contributed by atoms with van der Waals surface area (Å²) in [5.41, 5.74) is -2.27. The van der Waals surface area contributed by atoms with Crippen molar-refractivity contribution in [3.05, 3.63) is 62.9 Å². The highest BCUT2D eigenvalue weighted by atomic mass is 31.2. The molecule has 1 unspecified atom stereocenters. The number of fused-ring (bicyclic) bond motifs is 1. The smallest absolute Gasteiger partial charge is 0.404 e. The molecule has 156 valence electrons. The van der Waals surface area contributed by atoms with E-state index in [0.717, 1.165) is 16.8 Å². The summed E-state index contributed by atoms with van der Waals surface area (Å²) in [5.74, 6) is 0.359. The number of H-pyrrole nitrogens is 1. The summed E-state index contributed by atoms with van der Waals surface area (Å²) in [6.45, 7) is 0.979. The van der Waals surface area contributed by atoms with Crippen LogP contribution in [0.4, 0.5) is 0 Å². The first kappa shape index (κ1) is 20.0. The minimum atomic E-state index is -3.98. The Morgan fingerprint density at radius 3 is 2.83 bits per heavy atom. The average molecular weight is 426 g/mol. The third kappa shape index (κ3) is 3.68. The van der Waals surface area contributed by atoms with E-state index in [9.17, 15) is 24.4 Å². The number of aliphatic hydroxyl groups is 2. The first-order valence-corrected chi connectivity index (χ1v) is 10.2. The van der Waals surface area contributed by atoms with E-state index in [1.807, 2.05) is 4.98 Å². The van der Waals surface area contributed by atoms with Crippen molar-refractivity contribution >= 4 is 7.82 Å². The third-order valence-corrected chi connectivity index (χ3v) is 6.14. The largest absolute Gasteiger partial charge is 0.530 e. The predicted octanol–water partition coefficient (Wildman–Crippen LogP) is 0.280. The van der Waals surface area contributed by atoms with Crippen LogP contribution in [-0.4, -0.2) is 44.2 Å². The van der Waals surface area contributed by atoms with E-state index in [1.165, 1.54) is 6.92 Å². The van der Waals surface area contributed by atoms with Gasteiger partial charge in [0.2, 0.25) is 0 Å². The number of rotatable bonds is 4. The zero-order chi connectivity index (χ0) is 20.8. The summed E-state index contributed by atoms with van der Waals surface area (Å²) >= 11 is 0. The van der Waals surface area contributed by atoms with Gasteiger partial charge in [-0.25, -0.2) is 9.36 Å². The lowest BCUT2D eigenvalue weighted by Crippen LogP contribution is -2.44. The topological polar surface area (TPSA) is 149 Å². The molecule has 5 atom stereocenters. The van der Waals surface area contributed by atoms with Crippen LogP contribution >= 0.6 is 7.82 Å². The lowest BCUT2D eigenvalue weighted by molar-refractivity contribution is -0.117. The standard InChI is InChI=1S/C17H19N2O9P/c1-17(9-26-29(24)25-8-10-4-2-3-5-11(10)28-29)14(22)13(21)15(27-17)19-7-6-12(20)18-16(19)23/h2-7,13-15,21-22H,8-9H2,1H3,(H,18,20,23)/t13-,14+,15-,17-,29?/m1/s1. The number of nitrogens with one attached hydrogen (secondary N) is 1. The fourth-order valence-corrected chi connectivity index (χ4v) is 4.49. The molecule has 0 aliphatic carbocycles. The number of aliphatic hydroxyl groups excluding tert-OH is 2. The number of aromatic nitrogens is 2. The molecule has 1 aromatic heterocycles. The van der Waals surface area contributed by atoms with Crippen LogP contribution in [0.25, 0.3) is 0 Å². The number of nitrogens with zero attached hydrogens (tertiary/aromatic N) is 1. The normalized spacial score (nSPS) is 33.8. The Kier molecular flexibility index (Phi) is 4.97. The molecular weight excluding hydrogens is 407 g/mol. The molecule has 0 saturated carbocycles. The number of phosphoric ester groups is 1. The molecule has 2 aliphatic rings. The van der Waals surface area contributed by atoms with Gasteiger partial charge in [-0.3, -0.25) is 23.4 Å². The Hall–Kier alpha value is -2.27. The highest BCUT2D eigenvalue weighted by Crippen LogP contribution is 2.55. The van der Waals surface area contributed by atoms with E-state index in [-0.39, 0.29) is 6.61 Å². The molecule has 0 radical (unpaired) electrons. The van der Waals surface area contributed by atoms with Crippen LogP contribution in [0, 0.1) is 0 Å². The van der Waals surface area contributed by atoms with Crippen molar-refractivity contribution in [3.63, 3.8) is 0 Å². The fraction of sp³-hybridized carbons (Fsp3) is 0.412. The monoisotopic (exact) mass is 426 g/mol. The van der Waals surface area contributed by atoms with Gasteiger partial charge >= 0.3 is 13.5 Å². The van der Waals surface area contributed by atoms with E-state index in [1.54, 1.807) is 24.3 Å². The summed E-state index contributed by atoms with van der Waals surface area (Å²) in [4.78, 5) is 25.3. The minimum absolute atomic E-state index is 0.0194. The third-order valence-electron chi connectivity index (χ3n) is 4.83. The van der Waals surface area contributed by atoms with Crippen LogP contribution in [0.5, 0.6) is 5.75 Å². The Bertz CT molecular complexity index is 1080. The number of para-hydroxylation sites is 1. The van der Waals surface area contributed by atoms with Crippen LogP contribution in [0.2, 0.25) is 0 Å². The van der Waals surface area contributed by atoms with Gasteiger partial charge in [0.05, 0.1) is 13.2 Å². The molecule has 29 heavy (non-hydrogen) atoms. The van der Waals surface area contributed by atoms with Crippen LogP contribution in [0.3, 0.4) is 0 Å². The van der Waals surface area contributed by atoms with Gasteiger partial charge < -0.3 is 19.5 Å². The van der Waals surface area contributed by atoms with Gasteiger partial charge in [0.1, 0.15) is 23.6 Å². The first-order valence-electron chi connectivity index (χ1n) is 8.73. The fourth-order valence-electron chi connectivity index (χ4n) is 3.18. The van der Waals surface area contributed by atoms with E-state index >= 15 is 0 Å². The van der Waals surface area contributed by atoms with Crippen molar-refractivity contribution < 1.29 is 33.1 Å². The zero-order valence-corrected chi connectivity index (χ0v) is 16.2. The molecule has 1 aromatic carbocycles. The summed E-state index contributed by atoms with van der Waals surface area (Å²) in [6, 6.07) is 7.95. The molecule has 3 N–H and O–H groups in total. The van der Waals surface area contributed by atoms with Crippen molar-refractivity contribution in [1.82, 2.24) is 9.55 Å². The van der Waals surface area contributed by atoms with E-state index < -0.39 is 49.7 Å². The summed E-state index contributed by atoms with van der Waals surface area (Å²) in [5, 5.41) is 20.8. The Morgan fingerprint density at radius 2 is 2.07 bits per heavy atom. The van der Waals surface area contributed by atoms with Crippen LogP contribution in [0.15, 0.2) is 46.1 Å². The number of aromatic amines is 1. The van der Waals surface area contributed by atoms with Crippen molar-refractivity contribution in [1.29, 1.82) is 0 Å². The van der Waals surface area contributed by atoms with E-state index in [0.29, 0.717) is 11.3 Å². The molecule has 4 rings (SSSR count). The molecule has 0 bridgehead atoms. The molecule has 11 nitrogen and oxygen atoms in total. The van der Waals surface area contributed by atoms with E-state index in [4.69, 9.17) is 18.3 Å². The lowest BCUT2D eigenvalue weighted by Gasteiger charge is -2.30. The summed E-state index contributed by atoms with van der Waals surface area (Å²) in [6.07, 6.45) is -3.16. The van der Waals surface area contributed by atoms with Gasteiger partial charge in [0.25, 0.3) is 5.56 Å². The second kappa shape index (κ2) is 7.21. The van der Waals surface area contributed by atoms with Crippen LogP contribution in [-0.2, 0) is 25.0 Å². The summed E-state index contributed by atoms with van der Waals surface area (Å²) < 4.78 is 35.3. The second-order valence-electron chi connectivity index (χ2n) is 6.97. The Morgan fingerprint density at radius 1 is 1.31 bits per heavy atom. The van der Waals surface area contributed by atoms with Crippen molar-refractivity contribution in [3.8, 4) is 5.75 Å². The van der Waals surface area contributed by atoms with Crippen LogP contribution < -0.4 is 15.8 Å². The van der Waals surface area contributed by atoms with E-state index in [2.05, 4.69) is 0 Å². The molecular formula is C17H19N2O9P. The predicted molar refractivity (Wildman–Crippen MR) is 97.3 cm³/mol. The maximum atomic E-state index is 12.8. The Balaban J connectivity index is 1.51. The molecule has 2 aromatic rings. The molecule has 0 spiro atoms. The van der Waals surface area contributed by atoms with Gasteiger partial charge in [-0.05, 0) is 13.0 Å². The lowest BCUT2D eigenvalue weighted by atomic mass is 9.99. The highest BCUT2D eigenvalue weighted by Gasteiger charge is 2.53. The van der Waals surface area contributed by atoms with Gasteiger partial charge in [-0.2, -0.15) is 0 Å². The molecule has 2 aliphatic heterocycles. The van der Waals surface area contributed by atoms with Crippen LogP contribution in [0.1, 0.15) is 18.7 Å². The number of hydrogen-bond acceptors (Lipinski definition) is 9. The zero-order valence-electron chi connectivity index (χ0n) is 15.3. The van der Waals surface area contributed by atoms with Crippen molar-refractivity contribution in [2.75, 3.05) is 6.61 Å². The molecule has 0 amide bonds. The number of phosphoric acid groups is 1. The van der Waals surface area contributed by atoms with Crippen molar-refractivity contribution in [2.24, 2.45) is 0 Å². The number of hydrogen-bond donors (Lipinski definition) is 3. The van der Waals surface area contributed by atoms with Gasteiger partial charge in [-0.15, -0.1) is 0 Å². The van der Waals surface area contributed by atoms with Gasteiger partial charge in [-0.1, -0.05) is 18.2 Å². The SMILES string of the molecule is C[C@]1(COP2(=O)OCc3ccccc3O2)O[C@@H](n2ccc(=O)[nH]c2=O)[C@H](O)[C@@H]1O. The van der Waals surface area contributed by atoms with Crippen molar-refractivity contribution in [2.45, 2.75) is 37.6 Å². The van der Waals surface area contributed by atoms with Gasteiger partial charge in [0.15, 0.2) is 6.23 Å². The second-order valence-corrected chi connectivity index (χ2v) is 8.56. The van der Waals surface area contributed by atoms with Gasteiger partial charge in [0, 0.05) is 17.8 Å². The highest BCUT2D eigenvalue weighted by molar-refractivity contribution is 7.49. The average Bonchev–Trinajstić information content (AvgIpc) is 2.91. The quantitative estimate of drug-likeness (QED) is 0.586. The first-order chi connectivity index (χ1) is 13.7. The molecule has 1 saturated heterocycles. The molecule has 12 heteroatoms. The maximum Gasteiger partial charge on any atom is 0.530 e. The maximum absolute atomic E-state index is 12.8. The number of benzene rings is 1. The minimum Gasteiger partial charge on any atom is -0.404 e. The summed E-state index contributed by atoms with van der Waals surface area (Å²) in [7, 11) is -3.98. The molecule has 1 fully saturated rings. The molecule has 3 heterocycles. The Labute approximate surface area is 164 Å². The number of ether oxygens (including phenoxy) is 1.